The molecule has 6 nitrogen and oxygen atoms in total. The zero-order valence-electron chi connectivity index (χ0n) is 7.01. The smallest absolute Gasteiger partial charge is 0.270 e. The number of carbonyl (C=O) groups excluding carboxylic acids is 1. The molecule has 0 radical (unpaired) electrons. The molecule has 0 fully saturated rings. The minimum absolute atomic E-state index is 0.114. The van der Waals surface area contributed by atoms with Gasteiger partial charge in [0.25, 0.3) is 5.69 Å². The van der Waals surface area contributed by atoms with Crippen molar-refractivity contribution < 1.29 is 14.8 Å². The Morgan fingerprint density at radius 2 is 2.29 bits per heavy atom. The van der Waals surface area contributed by atoms with Crippen LogP contribution in [0.2, 0.25) is 0 Å². The van der Waals surface area contributed by atoms with Crippen molar-refractivity contribution in [3.63, 3.8) is 0 Å². The van der Waals surface area contributed by atoms with Gasteiger partial charge in [0.15, 0.2) is 0 Å². The topological polar surface area (TPSA) is 92.8 Å². The molecular formula is C8H6N2O4. The van der Waals surface area contributed by atoms with E-state index in [0.717, 1.165) is 6.07 Å². The first kappa shape index (κ1) is 9.88. The van der Waals surface area contributed by atoms with Crippen molar-refractivity contribution in [2.45, 2.75) is 6.54 Å². The monoisotopic (exact) mass is 194 g/mol. The summed E-state index contributed by atoms with van der Waals surface area (Å²) in [6.45, 7) is -0.114. The number of isocyanates is 1. The fourth-order valence-electron chi connectivity index (χ4n) is 0.930. The number of aromatic hydroxyl groups is 1. The number of nitro benzene ring substituents is 1. The van der Waals surface area contributed by atoms with Gasteiger partial charge in [-0.05, 0) is 6.07 Å². The van der Waals surface area contributed by atoms with E-state index in [9.17, 15) is 20.0 Å². The molecule has 0 unspecified atom stereocenters. The van der Waals surface area contributed by atoms with Gasteiger partial charge < -0.3 is 5.11 Å². The SMILES string of the molecule is O=C=NCc1cc([N+](=O)[O-])ccc1O. The van der Waals surface area contributed by atoms with E-state index in [-0.39, 0.29) is 23.5 Å². The molecule has 0 amide bonds. The van der Waals surface area contributed by atoms with Crippen molar-refractivity contribution in [1.29, 1.82) is 0 Å². The van der Waals surface area contributed by atoms with E-state index >= 15 is 0 Å². The zero-order valence-corrected chi connectivity index (χ0v) is 7.01. The molecule has 0 heterocycles. The molecule has 0 saturated heterocycles. The highest BCUT2D eigenvalue weighted by molar-refractivity contribution is 5.44. The molecule has 1 rings (SSSR count). The summed E-state index contributed by atoms with van der Waals surface area (Å²) < 4.78 is 0. The maximum atomic E-state index is 10.4. The second-order valence-electron chi connectivity index (χ2n) is 2.48. The Labute approximate surface area is 78.7 Å². The quantitative estimate of drug-likeness (QED) is 0.338. The highest BCUT2D eigenvalue weighted by atomic mass is 16.6. The number of non-ortho nitro benzene ring substituents is 1. The maximum absolute atomic E-state index is 10.4. The Morgan fingerprint density at radius 3 is 2.86 bits per heavy atom. The molecule has 0 aliphatic carbocycles. The van der Waals surface area contributed by atoms with Crippen LogP contribution in [0.15, 0.2) is 23.2 Å². The van der Waals surface area contributed by atoms with Crippen molar-refractivity contribution in [2.24, 2.45) is 4.99 Å². The molecule has 0 bridgehead atoms. The predicted octanol–water partition coefficient (Wildman–Crippen LogP) is 1.14. The lowest BCUT2D eigenvalue weighted by Crippen LogP contribution is -1.90. The van der Waals surface area contributed by atoms with Gasteiger partial charge in [0.2, 0.25) is 6.08 Å². The van der Waals surface area contributed by atoms with E-state index in [1.54, 1.807) is 0 Å². The van der Waals surface area contributed by atoms with Gasteiger partial charge in [-0.25, -0.2) is 9.79 Å². The lowest BCUT2D eigenvalue weighted by atomic mass is 10.2. The fourth-order valence-corrected chi connectivity index (χ4v) is 0.930. The van der Waals surface area contributed by atoms with Gasteiger partial charge >= 0.3 is 0 Å². The molecule has 1 aromatic carbocycles. The largest absolute Gasteiger partial charge is 0.508 e. The van der Waals surface area contributed by atoms with Crippen LogP contribution in [0.3, 0.4) is 0 Å². The summed E-state index contributed by atoms with van der Waals surface area (Å²) in [5.41, 5.74) is 0.0708. The number of phenols is 1. The second kappa shape index (κ2) is 4.15. The Bertz CT molecular complexity index is 410. The zero-order chi connectivity index (χ0) is 10.6. The number of hydrogen-bond acceptors (Lipinski definition) is 5. The molecule has 0 atom stereocenters. The van der Waals surface area contributed by atoms with Gasteiger partial charge in [0, 0.05) is 17.7 Å². The van der Waals surface area contributed by atoms with Crippen molar-refractivity contribution in [2.75, 3.05) is 0 Å². The summed E-state index contributed by atoms with van der Waals surface area (Å²) in [7, 11) is 0. The number of aliphatic imine (C=N–C) groups is 1. The Balaban J connectivity index is 3.07. The summed E-state index contributed by atoms with van der Waals surface area (Å²) in [4.78, 5) is 22.8. The van der Waals surface area contributed by atoms with Gasteiger partial charge in [0.05, 0.1) is 11.5 Å². The number of rotatable bonds is 3. The lowest BCUT2D eigenvalue weighted by molar-refractivity contribution is -0.384. The Hall–Kier alpha value is -2.20. The molecule has 0 aliphatic heterocycles. The molecular weight excluding hydrogens is 188 g/mol. The van der Waals surface area contributed by atoms with E-state index in [4.69, 9.17) is 0 Å². The third-order valence-corrected chi connectivity index (χ3v) is 1.59. The van der Waals surface area contributed by atoms with Crippen LogP contribution in [0.25, 0.3) is 0 Å². The fraction of sp³-hybridized carbons (Fsp3) is 0.125. The number of nitrogens with zero attached hydrogens (tertiary/aromatic N) is 2. The van der Waals surface area contributed by atoms with Crippen LogP contribution >= 0.6 is 0 Å². The number of nitro groups is 1. The summed E-state index contributed by atoms with van der Waals surface area (Å²) >= 11 is 0. The van der Waals surface area contributed by atoms with Crippen molar-refractivity contribution in [3.8, 4) is 5.75 Å². The summed E-state index contributed by atoms with van der Waals surface area (Å²) in [5.74, 6) is -0.130. The minimum atomic E-state index is -0.590. The average molecular weight is 194 g/mol. The van der Waals surface area contributed by atoms with Crippen LogP contribution in [0.5, 0.6) is 5.75 Å². The van der Waals surface area contributed by atoms with E-state index < -0.39 is 4.92 Å². The van der Waals surface area contributed by atoms with Crippen LogP contribution in [0, 0.1) is 10.1 Å². The van der Waals surface area contributed by atoms with Crippen molar-refractivity contribution in [3.05, 3.63) is 33.9 Å². The molecule has 6 heteroatoms. The number of phenolic OH excluding ortho intramolecular Hbond substituents is 1. The second-order valence-corrected chi connectivity index (χ2v) is 2.48. The highest BCUT2D eigenvalue weighted by Crippen LogP contribution is 2.23. The molecule has 0 aromatic heterocycles. The molecule has 1 N–H and O–H groups in total. The molecule has 14 heavy (non-hydrogen) atoms. The van der Waals surface area contributed by atoms with Crippen LogP contribution in [0.1, 0.15) is 5.56 Å². The van der Waals surface area contributed by atoms with Gasteiger partial charge in [-0.3, -0.25) is 10.1 Å². The molecule has 0 aliphatic rings. The first-order valence-electron chi connectivity index (χ1n) is 3.65. The molecule has 0 spiro atoms. The highest BCUT2D eigenvalue weighted by Gasteiger charge is 2.09. The standard InChI is InChI=1S/C8H6N2O4/c11-5-9-4-6-3-7(10(13)14)1-2-8(6)12/h1-3,12H,4H2. The Kier molecular flexibility index (Phi) is 2.93. The average Bonchev–Trinajstić information content (AvgIpc) is 2.16. The van der Waals surface area contributed by atoms with E-state index in [0.29, 0.717) is 0 Å². The van der Waals surface area contributed by atoms with Crippen LogP contribution in [0.4, 0.5) is 5.69 Å². The van der Waals surface area contributed by atoms with Crippen LogP contribution in [-0.2, 0) is 11.3 Å². The van der Waals surface area contributed by atoms with Gasteiger partial charge in [-0.2, -0.15) is 0 Å². The van der Waals surface area contributed by atoms with Crippen molar-refractivity contribution in [1.82, 2.24) is 0 Å². The van der Waals surface area contributed by atoms with Crippen LogP contribution in [-0.4, -0.2) is 16.1 Å². The third-order valence-electron chi connectivity index (χ3n) is 1.59. The van der Waals surface area contributed by atoms with Crippen LogP contribution < -0.4 is 0 Å². The predicted molar refractivity (Wildman–Crippen MR) is 46.6 cm³/mol. The maximum Gasteiger partial charge on any atom is 0.270 e. The lowest BCUT2D eigenvalue weighted by Gasteiger charge is -1.99. The molecule has 72 valence electrons. The Morgan fingerprint density at radius 1 is 1.57 bits per heavy atom. The minimum Gasteiger partial charge on any atom is -0.508 e. The van der Waals surface area contributed by atoms with E-state index in [1.165, 1.54) is 18.2 Å². The van der Waals surface area contributed by atoms with Gasteiger partial charge in [0.1, 0.15) is 5.75 Å². The van der Waals surface area contributed by atoms with E-state index in [2.05, 4.69) is 4.99 Å². The number of benzene rings is 1. The summed E-state index contributed by atoms with van der Waals surface area (Å²) in [6, 6.07) is 3.52. The normalized spacial score (nSPS) is 9.14. The van der Waals surface area contributed by atoms with Crippen molar-refractivity contribution >= 4 is 11.8 Å². The molecule has 1 aromatic rings. The van der Waals surface area contributed by atoms with Gasteiger partial charge in [-0.1, -0.05) is 0 Å². The molecule has 0 saturated carbocycles. The number of hydrogen-bond donors (Lipinski definition) is 1. The van der Waals surface area contributed by atoms with Gasteiger partial charge in [-0.15, -0.1) is 0 Å². The summed E-state index contributed by atoms with van der Waals surface area (Å²) in [6.07, 6.45) is 1.29. The third kappa shape index (κ3) is 2.15. The first-order valence-corrected chi connectivity index (χ1v) is 3.65. The van der Waals surface area contributed by atoms with E-state index in [1.807, 2.05) is 0 Å². The summed E-state index contributed by atoms with van der Waals surface area (Å²) in [5, 5.41) is 19.6. The first-order chi connectivity index (χ1) is 6.65.